The molecule has 1 unspecified atom stereocenters. The van der Waals surface area contributed by atoms with Crippen molar-refractivity contribution in [3.63, 3.8) is 0 Å². The zero-order valence-electron chi connectivity index (χ0n) is 19.0. The number of rotatable bonds is 6. The van der Waals surface area contributed by atoms with Gasteiger partial charge in [-0.15, -0.1) is 0 Å². The number of carboxylic acid groups (broad SMARTS) is 1. The molecule has 5 rings (SSSR count). The molecule has 1 spiro atoms. The highest BCUT2D eigenvalue weighted by Gasteiger charge is 2.84. The highest BCUT2D eigenvalue weighted by molar-refractivity contribution is 5.88. The van der Waals surface area contributed by atoms with E-state index in [0.29, 0.717) is 5.56 Å². The van der Waals surface area contributed by atoms with Gasteiger partial charge in [0, 0.05) is 17.4 Å². The first-order chi connectivity index (χ1) is 16.0. The maximum absolute atomic E-state index is 13.3. The number of aliphatic hydroxyl groups excluding tert-OH is 3. The minimum atomic E-state index is -1.56. The van der Waals surface area contributed by atoms with Crippen molar-refractivity contribution in [2.24, 2.45) is 16.7 Å². The number of aliphatic hydroxyl groups is 3. The second-order valence-corrected chi connectivity index (χ2v) is 10.5. The number of epoxide rings is 1. The van der Waals surface area contributed by atoms with E-state index in [1.165, 1.54) is 12.1 Å². The molecule has 2 bridgehead atoms. The van der Waals surface area contributed by atoms with Gasteiger partial charge in [0.2, 0.25) is 0 Å². The molecule has 0 aromatic heterocycles. The Kier molecular flexibility index (Phi) is 5.36. The lowest BCUT2D eigenvalue weighted by Gasteiger charge is -2.62. The van der Waals surface area contributed by atoms with Gasteiger partial charge in [0.05, 0.1) is 30.8 Å². The normalized spacial score (nSPS) is 45.7. The van der Waals surface area contributed by atoms with E-state index in [-0.39, 0.29) is 25.2 Å². The Balaban J connectivity index is 1.53. The summed E-state index contributed by atoms with van der Waals surface area (Å²) in [5.41, 5.74) is -2.69. The Morgan fingerprint density at radius 3 is 2.44 bits per heavy atom. The quantitative estimate of drug-likeness (QED) is 0.286. The van der Waals surface area contributed by atoms with Crippen LogP contribution in [0.4, 0.5) is 0 Å². The summed E-state index contributed by atoms with van der Waals surface area (Å²) >= 11 is 0. The molecule has 1 aromatic rings. The van der Waals surface area contributed by atoms with Crippen LogP contribution in [-0.2, 0) is 25.5 Å². The fraction of sp³-hybridized carbons (Fsp3) is 0.667. The first kappa shape index (κ1) is 23.7. The van der Waals surface area contributed by atoms with Crippen molar-refractivity contribution in [1.29, 1.82) is 0 Å². The number of carboxylic acids is 1. The predicted octanol–water partition coefficient (Wildman–Crippen LogP) is -0.788. The third-order valence-corrected chi connectivity index (χ3v) is 9.04. The number of phenols is 1. The van der Waals surface area contributed by atoms with Crippen molar-refractivity contribution in [3.8, 4) is 5.75 Å². The molecule has 10 atom stereocenters. The number of carbonyl (C=O) groups is 2. The van der Waals surface area contributed by atoms with Crippen molar-refractivity contribution in [3.05, 3.63) is 29.8 Å². The minimum Gasteiger partial charge on any atom is -0.508 e. The van der Waals surface area contributed by atoms with Crippen LogP contribution in [0.1, 0.15) is 25.8 Å². The lowest BCUT2D eigenvalue weighted by Crippen LogP contribution is -2.78. The minimum absolute atomic E-state index is 0.0610. The Morgan fingerprint density at radius 2 is 1.88 bits per heavy atom. The lowest BCUT2D eigenvalue weighted by molar-refractivity contribution is -0.276. The Hall–Kier alpha value is -2.08. The number of nitrogens with one attached hydrogen (secondary N) is 1. The summed E-state index contributed by atoms with van der Waals surface area (Å²) in [5, 5.41) is 55.3. The first-order valence-electron chi connectivity index (χ1n) is 11.6. The van der Waals surface area contributed by atoms with E-state index in [2.05, 4.69) is 5.32 Å². The largest absolute Gasteiger partial charge is 0.508 e. The smallest absolute Gasteiger partial charge is 0.321 e. The van der Waals surface area contributed by atoms with Gasteiger partial charge in [0.15, 0.2) is 5.78 Å². The Bertz CT molecular complexity index is 995. The van der Waals surface area contributed by atoms with Gasteiger partial charge in [-0.05, 0) is 30.5 Å². The summed E-state index contributed by atoms with van der Waals surface area (Å²) in [4.78, 5) is 25.5. The Morgan fingerprint density at radius 1 is 1.24 bits per heavy atom. The molecule has 0 amide bonds. The van der Waals surface area contributed by atoms with E-state index < -0.39 is 77.2 Å². The van der Waals surface area contributed by atoms with Gasteiger partial charge in [0.1, 0.15) is 29.6 Å². The molecule has 10 heteroatoms. The molecular formula is C24H31NO9. The number of ketones is 1. The van der Waals surface area contributed by atoms with Crippen molar-refractivity contribution >= 4 is 11.8 Å². The SMILES string of the molecule is CC1C(=O)[C@@H](O)[C@@]2(CO)[C@H](O[C@@H]3[C@H](O)C[C@@]2(C)[C@]32CO2)[C@@H]1N[C@@H](Cc1ccc(O)cc1)C(=O)O. The van der Waals surface area contributed by atoms with Crippen LogP contribution in [0.15, 0.2) is 24.3 Å². The molecule has 10 nitrogen and oxygen atoms in total. The number of phenolic OH excluding ortho intramolecular Hbond substituents is 1. The molecule has 4 aliphatic rings. The van der Waals surface area contributed by atoms with Gasteiger partial charge in [-0.25, -0.2) is 0 Å². The molecule has 2 aliphatic heterocycles. The molecular weight excluding hydrogens is 446 g/mol. The predicted molar refractivity (Wildman–Crippen MR) is 116 cm³/mol. The van der Waals surface area contributed by atoms with E-state index in [1.807, 2.05) is 6.92 Å². The van der Waals surface area contributed by atoms with Gasteiger partial charge in [-0.1, -0.05) is 26.0 Å². The second kappa shape index (κ2) is 7.71. The number of Topliss-reactive ketones (excluding diaryl/α,β-unsaturated/α-hetero) is 1. The molecule has 2 heterocycles. The van der Waals surface area contributed by atoms with E-state index >= 15 is 0 Å². The summed E-state index contributed by atoms with van der Waals surface area (Å²) in [6.45, 7) is 3.11. The van der Waals surface area contributed by atoms with Gasteiger partial charge in [-0.3, -0.25) is 14.9 Å². The monoisotopic (exact) mass is 477 g/mol. The molecule has 2 saturated heterocycles. The lowest BCUT2D eigenvalue weighted by atomic mass is 9.48. The topological polar surface area (TPSA) is 169 Å². The van der Waals surface area contributed by atoms with Crippen LogP contribution >= 0.6 is 0 Å². The first-order valence-corrected chi connectivity index (χ1v) is 11.6. The molecule has 0 radical (unpaired) electrons. The third-order valence-electron chi connectivity index (χ3n) is 9.04. The molecule has 1 aromatic carbocycles. The van der Waals surface area contributed by atoms with E-state index in [1.54, 1.807) is 19.1 Å². The van der Waals surface area contributed by atoms with Crippen LogP contribution in [0.5, 0.6) is 5.75 Å². The highest BCUT2D eigenvalue weighted by atomic mass is 16.6. The average molecular weight is 478 g/mol. The van der Waals surface area contributed by atoms with E-state index in [9.17, 15) is 35.1 Å². The van der Waals surface area contributed by atoms with Crippen LogP contribution in [0.2, 0.25) is 0 Å². The number of hydrogen-bond acceptors (Lipinski definition) is 9. The van der Waals surface area contributed by atoms with Crippen LogP contribution < -0.4 is 5.32 Å². The van der Waals surface area contributed by atoms with Gasteiger partial charge in [-0.2, -0.15) is 0 Å². The summed E-state index contributed by atoms with van der Waals surface area (Å²) in [6.07, 6.45) is -3.87. The number of ether oxygens (including phenoxy) is 2. The van der Waals surface area contributed by atoms with Crippen LogP contribution in [0.25, 0.3) is 0 Å². The van der Waals surface area contributed by atoms with Gasteiger partial charge < -0.3 is 35.0 Å². The summed E-state index contributed by atoms with van der Waals surface area (Å²) in [7, 11) is 0. The maximum atomic E-state index is 13.3. The third kappa shape index (κ3) is 2.90. The zero-order chi connectivity index (χ0) is 24.6. The molecule has 6 N–H and O–H groups in total. The van der Waals surface area contributed by atoms with Gasteiger partial charge in [0.25, 0.3) is 0 Å². The molecule has 2 aliphatic carbocycles. The summed E-state index contributed by atoms with van der Waals surface area (Å²) in [5.74, 6) is -2.40. The molecule has 2 saturated carbocycles. The van der Waals surface area contributed by atoms with Crippen LogP contribution in [0.3, 0.4) is 0 Å². The summed E-state index contributed by atoms with van der Waals surface area (Å²) in [6, 6.07) is 4.22. The van der Waals surface area contributed by atoms with Crippen LogP contribution in [0, 0.1) is 16.7 Å². The molecule has 186 valence electrons. The van der Waals surface area contributed by atoms with E-state index in [0.717, 1.165) is 0 Å². The fourth-order valence-corrected chi connectivity index (χ4v) is 6.97. The number of fused-ring (bicyclic) bond motifs is 2. The van der Waals surface area contributed by atoms with E-state index in [4.69, 9.17) is 9.47 Å². The number of hydrogen-bond donors (Lipinski definition) is 6. The van der Waals surface area contributed by atoms with Crippen molar-refractivity contribution < 1.29 is 44.6 Å². The van der Waals surface area contributed by atoms with Crippen molar-refractivity contribution in [2.45, 2.75) is 68.8 Å². The van der Waals surface area contributed by atoms with Gasteiger partial charge >= 0.3 is 5.97 Å². The fourth-order valence-electron chi connectivity index (χ4n) is 6.97. The highest BCUT2D eigenvalue weighted by Crippen LogP contribution is 2.71. The molecule has 4 fully saturated rings. The maximum Gasteiger partial charge on any atom is 0.321 e. The standard InChI is InChI=1S/C24H31NO9/c1-11-16(25-14(21(31)32)7-12-3-5-13(27)6-4-12)20-23(9-26,18(30)17(11)29)22(2)8-15(28)19(34-20)24(22)10-33-24/h3-6,11,14-16,18-20,25-28,30H,7-10H2,1-2H3,(H,31,32)/t11?,14-,15+,16+,18+,19+,20+,22+,23-,24-/m0/s1. The molecule has 34 heavy (non-hydrogen) atoms. The second-order valence-electron chi connectivity index (χ2n) is 10.5. The van der Waals surface area contributed by atoms with Crippen molar-refractivity contribution in [1.82, 2.24) is 5.32 Å². The number of benzene rings is 1. The zero-order valence-corrected chi connectivity index (χ0v) is 19.0. The average Bonchev–Trinajstić information content (AvgIpc) is 3.57. The number of aliphatic carboxylic acids is 1. The summed E-state index contributed by atoms with van der Waals surface area (Å²) < 4.78 is 12.1. The van der Waals surface area contributed by atoms with Crippen molar-refractivity contribution in [2.75, 3.05) is 13.2 Å². The van der Waals surface area contributed by atoms with Crippen LogP contribution in [-0.4, -0.2) is 92.6 Å². The Labute approximate surface area is 196 Å². The number of aromatic hydroxyl groups is 1. The number of carbonyl (C=O) groups excluding carboxylic acids is 1.